The molecule has 1 unspecified atom stereocenters. The molecule has 0 bridgehead atoms. The van der Waals surface area contributed by atoms with Crippen molar-refractivity contribution < 1.29 is 9.18 Å². The first kappa shape index (κ1) is 14.9. The van der Waals surface area contributed by atoms with Gasteiger partial charge < -0.3 is 11.1 Å². The highest BCUT2D eigenvalue weighted by molar-refractivity contribution is 5.95. The Balaban J connectivity index is 2.68. The molecule has 0 aliphatic heterocycles. The number of carbonyl (C=O) groups is 1. The summed E-state index contributed by atoms with van der Waals surface area (Å²) in [6.07, 6.45) is 0.334. The fourth-order valence-corrected chi connectivity index (χ4v) is 1.50. The number of nitrogens with two attached hydrogens (primary N) is 1. The van der Waals surface area contributed by atoms with Crippen LogP contribution in [-0.4, -0.2) is 30.4 Å². The number of benzene rings is 1. The van der Waals surface area contributed by atoms with Crippen LogP contribution in [0.1, 0.15) is 13.3 Å². The highest BCUT2D eigenvalue weighted by Gasteiger charge is 2.18. The molecule has 0 aliphatic carbocycles. The smallest absolute Gasteiger partial charge is 0.241 e. The Kier molecular flexibility index (Phi) is 5.27. The number of rotatable bonds is 5. The van der Waals surface area contributed by atoms with Crippen molar-refractivity contribution in [1.82, 2.24) is 4.90 Å². The minimum atomic E-state index is -0.533. The lowest BCUT2D eigenvalue weighted by molar-refractivity contribution is -0.120. The average Bonchev–Trinajstić information content (AvgIpc) is 2.39. The zero-order valence-corrected chi connectivity index (χ0v) is 11.0. The lowest BCUT2D eigenvalue weighted by Crippen LogP contribution is -2.40. The molecule has 0 saturated carbocycles. The summed E-state index contributed by atoms with van der Waals surface area (Å²) in [7, 11) is 1.73. The van der Waals surface area contributed by atoms with Crippen molar-refractivity contribution in [3.63, 3.8) is 0 Å². The van der Waals surface area contributed by atoms with E-state index in [0.717, 1.165) is 0 Å². The van der Waals surface area contributed by atoms with Gasteiger partial charge in [0.15, 0.2) is 0 Å². The highest BCUT2D eigenvalue weighted by atomic mass is 19.1. The van der Waals surface area contributed by atoms with Crippen molar-refractivity contribution in [2.45, 2.75) is 19.4 Å². The Bertz CT molecular complexity index is 498. The van der Waals surface area contributed by atoms with Crippen molar-refractivity contribution in [2.75, 3.05) is 24.6 Å². The van der Waals surface area contributed by atoms with E-state index in [2.05, 4.69) is 5.32 Å². The number of likely N-dealkylation sites (N-methyl/N-ethyl adjacent to an activating group) is 1. The number of amides is 1. The molecular weight excluding hydrogens is 247 g/mol. The molecule has 1 rings (SSSR count). The van der Waals surface area contributed by atoms with Gasteiger partial charge in [0.1, 0.15) is 5.82 Å². The molecule has 0 fully saturated rings. The van der Waals surface area contributed by atoms with Gasteiger partial charge in [-0.1, -0.05) is 0 Å². The number of anilines is 2. The molecule has 1 atom stereocenters. The molecule has 0 heterocycles. The number of nitriles is 1. The average molecular weight is 264 g/mol. The van der Waals surface area contributed by atoms with E-state index in [1.54, 1.807) is 18.9 Å². The number of hydrogen-bond acceptors (Lipinski definition) is 4. The largest absolute Gasteiger partial charge is 0.399 e. The Hall–Kier alpha value is -2.13. The molecule has 102 valence electrons. The predicted octanol–water partition coefficient (Wildman–Crippen LogP) is 1.58. The van der Waals surface area contributed by atoms with Crippen LogP contribution >= 0.6 is 0 Å². The van der Waals surface area contributed by atoms with Crippen LogP contribution < -0.4 is 11.1 Å². The normalized spacial score (nSPS) is 11.9. The number of nitrogens with one attached hydrogen (secondary N) is 1. The van der Waals surface area contributed by atoms with Crippen LogP contribution in [0.5, 0.6) is 0 Å². The molecule has 0 saturated heterocycles. The number of carbonyl (C=O) groups excluding carboxylic acids is 1. The Morgan fingerprint density at radius 2 is 2.32 bits per heavy atom. The second kappa shape index (κ2) is 6.71. The van der Waals surface area contributed by atoms with Crippen LogP contribution in [0.2, 0.25) is 0 Å². The van der Waals surface area contributed by atoms with E-state index in [1.165, 1.54) is 18.2 Å². The van der Waals surface area contributed by atoms with Gasteiger partial charge in [-0.3, -0.25) is 9.69 Å². The first-order valence-corrected chi connectivity index (χ1v) is 5.88. The first-order chi connectivity index (χ1) is 8.95. The van der Waals surface area contributed by atoms with E-state index in [9.17, 15) is 9.18 Å². The van der Waals surface area contributed by atoms with E-state index in [1.807, 2.05) is 6.07 Å². The fourth-order valence-electron chi connectivity index (χ4n) is 1.50. The van der Waals surface area contributed by atoms with Gasteiger partial charge in [-0.15, -0.1) is 0 Å². The van der Waals surface area contributed by atoms with Gasteiger partial charge >= 0.3 is 0 Å². The van der Waals surface area contributed by atoms with Crippen LogP contribution in [0.15, 0.2) is 18.2 Å². The monoisotopic (exact) mass is 264 g/mol. The van der Waals surface area contributed by atoms with E-state index >= 15 is 0 Å². The lowest BCUT2D eigenvalue weighted by atomic mass is 10.2. The molecular formula is C13H17FN4O. The van der Waals surface area contributed by atoms with Gasteiger partial charge in [-0.05, 0) is 32.2 Å². The molecule has 6 heteroatoms. The zero-order chi connectivity index (χ0) is 14.4. The van der Waals surface area contributed by atoms with Crippen LogP contribution in [-0.2, 0) is 4.79 Å². The quantitative estimate of drug-likeness (QED) is 0.791. The summed E-state index contributed by atoms with van der Waals surface area (Å²) < 4.78 is 13.5. The van der Waals surface area contributed by atoms with E-state index in [-0.39, 0.29) is 11.6 Å². The van der Waals surface area contributed by atoms with Gasteiger partial charge in [0.05, 0.1) is 17.8 Å². The summed E-state index contributed by atoms with van der Waals surface area (Å²) in [6.45, 7) is 2.17. The molecule has 1 amide bonds. The molecule has 5 nitrogen and oxygen atoms in total. The lowest BCUT2D eigenvalue weighted by Gasteiger charge is -2.22. The van der Waals surface area contributed by atoms with Crippen LogP contribution in [0.3, 0.4) is 0 Å². The zero-order valence-electron chi connectivity index (χ0n) is 11.0. The maximum atomic E-state index is 13.5. The number of halogens is 1. The van der Waals surface area contributed by atoms with Crippen molar-refractivity contribution in [3.8, 4) is 6.07 Å². The number of nitrogen functional groups attached to an aromatic ring is 1. The van der Waals surface area contributed by atoms with Gasteiger partial charge in [0, 0.05) is 18.7 Å². The third kappa shape index (κ3) is 4.23. The van der Waals surface area contributed by atoms with Crippen LogP contribution in [0, 0.1) is 17.1 Å². The SMILES string of the molecule is CC(C(=O)Nc1cc(N)ccc1F)N(C)CCC#N. The summed E-state index contributed by atoms with van der Waals surface area (Å²) in [5.41, 5.74) is 5.98. The van der Waals surface area contributed by atoms with Crippen molar-refractivity contribution in [3.05, 3.63) is 24.0 Å². The van der Waals surface area contributed by atoms with E-state index in [4.69, 9.17) is 11.0 Å². The number of nitrogens with zero attached hydrogens (tertiary/aromatic N) is 2. The summed E-state index contributed by atoms with van der Waals surface area (Å²) in [5, 5.41) is 11.0. The molecule has 0 aromatic heterocycles. The van der Waals surface area contributed by atoms with Crippen molar-refractivity contribution in [1.29, 1.82) is 5.26 Å². The van der Waals surface area contributed by atoms with E-state index < -0.39 is 11.9 Å². The maximum Gasteiger partial charge on any atom is 0.241 e. The maximum absolute atomic E-state index is 13.5. The summed E-state index contributed by atoms with van der Waals surface area (Å²) in [6, 6.07) is 5.54. The fraction of sp³-hybridized carbons (Fsp3) is 0.385. The van der Waals surface area contributed by atoms with Gasteiger partial charge in [0.2, 0.25) is 5.91 Å². The molecule has 1 aromatic rings. The van der Waals surface area contributed by atoms with Crippen molar-refractivity contribution in [2.24, 2.45) is 0 Å². The summed E-state index contributed by atoms with van der Waals surface area (Å²) >= 11 is 0. The summed E-state index contributed by atoms with van der Waals surface area (Å²) in [4.78, 5) is 13.7. The third-order valence-corrected chi connectivity index (χ3v) is 2.87. The topological polar surface area (TPSA) is 82.2 Å². The molecule has 1 aromatic carbocycles. The molecule has 0 spiro atoms. The summed E-state index contributed by atoms with van der Waals surface area (Å²) in [5.74, 6) is -0.876. The predicted molar refractivity (Wildman–Crippen MR) is 71.8 cm³/mol. The number of hydrogen-bond donors (Lipinski definition) is 2. The Morgan fingerprint density at radius 1 is 1.63 bits per heavy atom. The van der Waals surface area contributed by atoms with Crippen LogP contribution in [0.25, 0.3) is 0 Å². The second-order valence-electron chi connectivity index (χ2n) is 4.29. The molecule has 3 N–H and O–H groups in total. The minimum Gasteiger partial charge on any atom is -0.399 e. The Labute approximate surface area is 111 Å². The molecule has 19 heavy (non-hydrogen) atoms. The third-order valence-electron chi connectivity index (χ3n) is 2.87. The molecule has 0 radical (unpaired) electrons. The highest BCUT2D eigenvalue weighted by Crippen LogP contribution is 2.17. The van der Waals surface area contributed by atoms with Crippen molar-refractivity contribution >= 4 is 17.3 Å². The second-order valence-corrected chi connectivity index (χ2v) is 4.29. The Morgan fingerprint density at radius 3 is 2.95 bits per heavy atom. The van der Waals surface area contributed by atoms with E-state index in [0.29, 0.717) is 18.7 Å². The van der Waals surface area contributed by atoms with Gasteiger partial charge in [0.25, 0.3) is 0 Å². The van der Waals surface area contributed by atoms with Crippen LogP contribution in [0.4, 0.5) is 15.8 Å². The van der Waals surface area contributed by atoms with Gasteiger partial charge in [-0.25, -0.2) is 4.39 Å². The standard InChI is InChI=1S/C13H17FN4O/c1-9(18(2)7-3-6-15)13(19)17-12-8-10(16)4-5-11(12)14/h4-5,8-9H,3,7,16H2,1-2H3,(H,17,19). The first-order valence-electron chi connectivity index (χ1n) is 5.88. The van der Waals surface area contributed by atoms with Gasteiger partial charge in [-0.2, -0.15) is 5.26 Å². The molecule has 0 aliphatic rings. The minimum absolute atomic E-state index is 0.0607.